The van der Waals surface area contributed by atoms with E-state index in [1.54, 1.807) is 0 Å². The number of nitrogens with two attached hydrogens (primary N) is 1. The molecule has 86 valence electrons. The topological polar surface area (TPSA) is 38.0 Å². The summed E-state index contributed by atoms with van der Waals surface area (Å²) in [5, 5.41) is 3.28. The zero-order chi connectivity index (χ0) is 11.0. The highest BCUT2D eigenvalue weighted by Gasteiger charge is 2.26. The lowest BCUT2D eigenvalue weighted by atomic mass is 9.76. The van der Waals surface area contributed by atoms with Crippen LogP contribution in [0.25, 0.3) is 0 Å². The Bertz CT molecular complexity index is 125. The van der Waals surface area contributed by atoms with Gasteiger partial charge >= 0.3 is 0 Å². The first kappa shape index (κ1) is 13.9. The normalized spacial score (nSPS) is 31.9. The van der Waals surface area contributed by atoms with Crippen molar-refractivity contribution in [2.45, 2.75) is 52.5 Å². The van der Waals surface area contributed by atoms with Gasteiger partial charge in [-0.2, -0.15) is 0 Å². The molecule has 0 aromatic carbocycles. The molecule has 14 heavy (non-hydrogen) atoms. The molecule has 0 aromatic rings. The van der Waals surface area contributed by atoms with Gasteiger partial charge in [0.15, 0.2) is 0 Å². The molecule has 1 aliphatic rings. The maximum absolute atomic E-state index is 5.94. The molecule has 0 amide bonds. The zero-order valence-electron chi connectivity index (χ0n) is 10.3. The molecule has 3 unspecified atom stereocenters. The van der Waals surface area contributed by atoms with Gasteiger partial charge in [0.2, 0.25) is 0 Å². The molecule has 1 aliphatic carbocycles. The Morgan fingerprint density at radius 3 is 2.36 bits per heavy atom. The van der Waals surface area contributed by atoms with Gasteiger partial charge in [-0.05, 0) is 44.7 Å². The van der Waals surface area contributed by atoms with Gasteiger partial charge in [-0.3, -0.25) is 0 Å². The maximum atomic E-state index is 5.94. The summed E-state index contributed by atoms with van der Waals surface area (Å²) in [7, 11) is 2.04. The third-order valence-corrected chi connectivity index (χ3v) is 3.17. The van der Waals surface area contributed by atoms with Gasteiger partial charge in [0.1, 0.15) is 0 Å². The van der Waals surface area contributed by atoms with E-state index >= 15 is 0 Å². The van der Waals surface area contributed by atoms with Crippen molar-refractivity contribution in [2.75, 3.05) is 13.6 Å². The van der Waals surface area contributed by atoms with Gasteiger partial charge in [0.05, 0.1) is 0 Å². The van der Waals surface area contributed by atoms with Crippen molar-refractivity contribution in [1.82, 2.24) is 5.32 Å². The van der Waals surface area contributed by atoms with Crippen LogP contribution in [0, 0.1) is 11.8 Å². The third kappa shape index (κ3) is 4.43. The molecule has 0 heterocycles. The van der Waals surface area contributed by atoms with Crippen molar-refractivity contribution in [3.05, 3.63) is 0 Å². The van der Waals surface area contributed by atoms with E-state index in [1.165, 1.54) is 32.2 Å². The van der Waals surface area contributed by atoms with Crippen LogP contribution in [0.3, 0.4) is 0 Å². The van der Waals surface area contributed by atoms with Gasteiger partial charge in [-0.25, -0.2) is 0 Å². The number of hydrogen-bond donors (Lipinski definition) is 2. The van der Waals surface area contributed by atoms with Crippen LogP contribution in [0.15, 0.2) is 0 Å². The Kier molecular flexibility index (Phi) is 8.20. The van der Waals surface area contributed by atoms with Crippen molar-refractivity contribution < 1.29 is 0 Å². The lowest BCUT2D eigenvalue weighted by molar-refractivity contribution is 0.207. The van der Waals surface area contributed by atoms with Gasteiger partial charge in [-0.1, -0.05) is 27.2 Å². The average Bonchev–Trinajstić information content (AvgIpc) is 2.24. The molecule has 0 saturated heterocycles. The molecule has 0 radical (unpaired) electrons. The van der Waals surface area contributed by atoms with Crippen LogP contribution in [0.4, 0.5) is 0 Å². The first-order chi connectivity index (χ1) is 6.77. The quantitative estimate of drug-likeness (QED) is 0.734. The van der Waals surface area contributed by atoms with Crippen molar-refractivity contribution in [1.29, 1.82) is 0 Å². The number of rotatable bonds is 3. The van der Waals surface area contributed by atoms with Crippen LogP contribution in [0.1, 0.15) is 46.5 Å². The fraction of sp³-hybridized carbons (Fsp3) is 1.00. The predicted octanol–water partition coefficient (Wildman–Crippen LogP) is 2.39. The largest absolute Gasteiger partial charge is 0.328 e. The van der Waals surface area contributed by atoms with Crippen LogP contribution >= 0.6 is 0 Å². The van der Waals surface area contributed by atoms with Crippen molar-refractivity contribution >= 4 is 0 Å². The van der Waals surface area contributed by atoms with Gasteiger partial charge in [0, 0.05) is 6.04 Å². The summed E-state index contributed by atoms with van der Waals surface area (Å²) in [5.74, 6) is 1.74. The Hall–Kier alpha value is -0.0800. The summed E-state index contributed by atoms with van der Waals surface area (Å²) in [4.78, 5) is 0. The van der Waals surface area contributed by atoms with Crippen LogP contribution in [-0.2, 0) is 0 Å². The fourth-order valence-electron chi connectivity index (χ4n) is 2.39. The first-order valence-electron chi connectivity index (χ1n) is 6.18. The highest BCUT2D eigenvalue weighted by Crippen LogP contribution is 2.30. The molecular formula is C12H28N2. The molecule has 2 heteroatoms. The lowest BCUT2D eigenvalue weighted by Crippen LogP contribution is -2.37. The second kappa shape index (κ2) is 8.25. The Morgan fingerprint density at radius 1 is 1.21 bits per heavy atom. The summed E-state index contributed by atoms with van der Waals surface area (Å²) in [6.07, 6.45) is 5.08. The molecule has 0 bridgehead atoms. The smallest absolute Gasteiger partial charge is 0.00416 e. The first-order valence-corrected chi connectivity index (χ1v) is 6.18. The highest BCUT2D eigenvalue weighted by molar-refractivity contribution is 4.81. The molecule has 3 atom stereocenters. The molecule has 0 aromatic heterocycles. The molecule has 0 spiro atoms. The molecule has 1 saturated carbocycles. The van der Waals surface area contributed by atoms with E-state index in [4.69, 9.17) is 5.73 Å². The third-order valence-electron chi connectivity index (χ3n) is 3.17. The molecule has 2 nitrogen and oxygen atoms in total. The van der Waals surface area contributed by atoms with Crippen LogP contribution in [-0.4, -0.2) is 19.6 Å². The van der Waals surface area contributed by atoms with E-state index in [0.29, 0.717) is 6.04 Å². The summed E-state index contributed by atoms with van der Waals surface area (Å²) in [6, 6.07) is 0.475. The fourth-order valence-corrected chi connectivity index (χ4v) is 2.39. The molecule has 1 rings (SSSR count). The van der Waals surface area contributed by atoms with Crippen LogP contribution in [0.2, 0.25) is 0 Å². The lowest BCUT2D eigenvalue weighted by Gasteiger charge is -2.34. The Balaban J connectivity index is 0.000000791. The number of nitrogens with one attached hydrogen (secondary N) is 1. The van der Waals surface area contributed by atoms with Crippen LogP contribution < -0.4 is 11.1 Å². The minimum absolute atomic E-state index is 0.475. The monoisotopic (exact) mass is 200 g/mol. The highest BCUT2D eigenvalue weighted by atomic mass is 14.8. The average molecular weight is 200 g/mol. The minimum Gasteiger partial charge on any atom is -0.328 e. The summed E-state index contributed by atoms with van der Waals surface area (Å²) >= 11 is 0. The molecule has 1 fully saturated rings. The number of hydrogen-bond acceptors (Lipinski definition) is 2. The van der Waals surface area contributed by atoms with E-state index < -0.39 is 0 Å². The summed E-state index contributed by atoms with van der Waals surface area (Å²) in [5.41, 5.74) is 5.94. The van der Waals surface area contributed by atoms with Gasteiger partial charge < -0.3 is 11.1 Å². The molecule has 3 N–H and O–H groups in total. The van der Waals surface area contributed by atoms with Crippen LogP contribution in [0.5, 0.6) is 0 Å². The standard InChI is InChI=1S/C10H22N2.C2H6/c1-3-8-6-10(11)5-4-9(8)7-12-2;1-2/h8-10,12H,3-7,11H2,1-2H3;1-2H3. The van der Waals surface area contributed by atoms with Gasteiger partial charge in [-0.15, -0.1) is 0 Å². The second-order valence-electron chi connectivity index (χ2n) is 4.06. The molecule has 0 aliphatic heterocycles. The van der Waals surface area contributed by atoms with E-state index in [-0.39, 0.29) is 0 Å². The zero-order valence-corrected chi connectivity index (χ0v) is 10.3. The predicted molar refractivity (Wildman–Crippen MR) is 64.4 cm³/mol. The summed E-state index contributed by atoms with van der Waals surface area (Å²) < 4.78 is 0. The summed E-state index contributed by atoms with van der Waals surface area (Å²) in [6.45, 7) is 7.45. The van der Waals surface area contributed by atoms with E-state index in [1.807, 2.05) is 20.9 Å². The Morgan fingerprint density at radius 2 is 1.86 bits per heavy atom. The maximum Gasteiger partial charge on any atom is 0.00416 e. The van der Waals surface area contributed by atoms with Crippen molar-refractivity contribution in [3.63, 3.8) is 0 Å². The van der Waals surface area contributed by atoms with E-state index in [2.05, 4.69) is 12.2 Å². The van der Waals surface area contributed by atoms with Crippen molar-refractivity contribution in [2.24, 2.45) is 17.6 Å². The van der Waals surface area contributed by atoms with E-state index in [9.17, 15) is 0 Å². The minimum atomic E-state index is 0.475. The van der Waals surface area contributed by atoms with E-state index in [0.717, 1.165) is 11.8 Å². The molecular weight excluding hydrogens is 172 g/mol. The Labute approximate surface area is 89.6 Å². The SMILES string of the molecule is CC.CCC1CC(N)CCC1CNC. The second-order valence-corrected chi connectivity index (χ2v) is 4.06. The van der Waals surface area contributed by atoms with Crippen molar-refractivity contribution in [3.8, 4) is 0 Å². The van der Waals surface area contributed by atoms with Gasteiger partial charge in [0.25, 0.3) is 0 Å².